The number of carbonyl (C=O) groups excluding carboxylic acids is 1. The van der Waals surface area contributed by atoms with Crippen LogP contribution >= 0.6 is 0 Å². The number of pyridine rings is 1. The normalized spacial score (nSPS) is 21.1. The lowest BCUT2D eigenvalue weighted by Gasteiger charge is -2.44. The molecule has 2 aliphatic heterocycles. The van der Waals surface area contributed by atoms with Crippen molar-refractivity contribution in [3.05, 3.63) is 23.4 Å². The monoisotopic (exact) mass is 458 g/mol. The zero-order valence-electron chi connectivity index (χ0n) is 21.2. The maximum absolute atomic E-state index is 11.0. The third-order valence-corrected chi connectivity index (χ3v) is 6.18. The Morgan fingerprint density at radius 1 is 1.27 bits per heavy atom. The molecule has 1 aromatic heterocycles. The van der Waals surface area contributed by atoms with Gasteiger partial charge in [-0.2, -0.15) is 0 Å². The van der Waals surface area contributed by atoms with E-state index in [9.17, 15) is 4.79 Å². The number of piperazine rings is 1. The summed E-state index contributed by atoms with van der Waals surface area (Å²) in [6, 6.07) is 2.75. The fourth-order valence-corrected chi connectivity index (χ4v) is 4.21. The molecule has 0 aromatic carbocycles. The molecule has 1 saturated carbocycles. The number of ether oxygens (including phenoxy) is 2. The number of hydrogen-bond donors (Lipinski definition) is 0. The number of hydrogen-bond acceptors (Lipinski definition) is 7. The van der Waals surface area contributed by atoms with Crippen LogP contribution in [0.1, 0.15) is 71.4 Å². The Bertz CT molecular complexity index is 773. The van der Waals surface area contributed by atoms with E-state index in [-0.39, 0.29) is 11.6 Å². The first-order valence-corrected chi connectivity index (χ1v) is 12.2. The Kier molecular flexibility index (Phi) is 10.6. The molecule has 1 aromatic rings. The molecule has 0 spiro atoms. The minimum absolute atomic E-state index is 0.104. The van der Waals surface area contributed by atoms with Crippen LogP contribution in [0.5, 0.6) is 0 Å². The van der Waals surface area contributed by atoms with Gasteiger partial charge in [-0.15, -0.1) is 0 Å². The standard InChI is InChI=1S/C22H35N3O3.C3H6.CHN/c1-16(2)20-14-25(9-8-24(20)7-6-10-27-17(3)26)21-11-18-12-22(4,5)28-15-19(18)13-23-21;1-2-3-1;1-2/h11,13,16,20H,6-10,12,14-15H2,1-5H3;1-3H2;1H/t20-;;/m0../s1. The molecular weight excluding hydrogens is 416 g/mol. The lowest BCUT2D eigenvalue weighted by Crippen LogP contribution is -2.55. The fraction of sp³-hybridized carbons (Fsp3) is 0.731. The van der Waals surface area contributed by atoms with E-state index in [2.05, 4.69) is 50.1 Å². The molecule has 2 fully saturated rings. The molecule has 7 heteroatoms. The summed E-state index contributed by atoms with van der Waals surface area (Å²) in [6.45, 7) is 18.9. The number of carbonyl (C=O) groups is 1. The zero-order chi connectivity index (χ0) is 24.4. The van der Waals surface area contributed by atoms with Crippen molar-refractivity contribution in [2.75, 3.05) is 37.7 Å². The average molecular weight is 459 g/mol. The molecule has 7 nitrogen and oxygen atoms in total. The van der Waals surface area contributed by atoms with E-state index in [1.165, 1.54) is 37.3 Å². The van der Waals surface area contributed by atoms with E-state index in [0.717, 1.165) is 44.8 Å². The molecule has 0 radical (unpaired) electrons. The van der Waals surface area contributed by atoms with Crippen LogP contribution in [-0.2, 0) is 27.3 Å². The van der Waals surface area contributed by atoms with Crippen molar-refractivity contribution in [1.29, 1.82) is 5.26 Å². The lowest BCUT2D eigenvalue weighted by atomic mass is 9.92. The van der Waals surface area contributed by atoms with Crippen LogP contribution in [0.25, 0.3) is 0 Å². The van der Waals surface area contributed by atoms with Gasteiger partial charge in [0.25, 0.3) is 0 Å². The molecule has 1 atom stereocenters. The fourth-order valence-electron chi connectivity index (χ4n) is 4.21. The molecule has 0 bridgehead atoms. The topological polar surface area (TPSA) is 78.7 Å². The largest absolute Gasteiger partial charge is 0.466 e. The highest BCUT2D eigenvalue weighted by molar-refractivity contribution is 5.65. The maximum Gasteiger partial charge on any atom is 0.302 e. The summed E-state index contributed by atoms with van der Waals surface area (Å²) in [5.74, 6) is 1.44. The number of nitrogens with zero attached hydrogens (tertiary/aromatic N) is 4. The minimum Gasteiger partial charge on any atom is -0.466 e. The van der Waals surface area contributed by atoms with Gasteiger partial charge in [-0.1, -0.05) is 33.1 Å². The number of nitriles is 1. The molecule has 0 unspecified atom stereocenters. The second-order valence-corrected chi connectivity index (χ2v) is 10.1. The predicted octanol–water partition coefficient (Wildman–Crippen LogP) is 4.34. The van der Waals surface area contributed by atoms with Gasteiger partial charge in [0.1, 0.15) is 5.82 Å². The van der Waals surface area contributed by atoms with Crippen LogP contribution in [0.15, 0.2) is 12.3 Å². The van der Waals surface area contributed by atoms with Crippen LogP contribution < -0.4 is 4.90 Å². The smallest absolute Gasteiger partial charge is 0.302 e. The Labute approximate surface area is 200 Å². The van der Waals surface area contributed by atoms with Crippen molar-refractivity contribution >= 4 is 11.8 Å². The van der Waals surface area contributed by atoms with Crippen LogP contribution in [0.4, 0.5) is 5.82 Å². The number of fused-ring (bicyclic) bond motifs is 1. The minimum atomic E-state index is -0.197. The zero-order valence-corrected chi connectivity index (χ0v) is 21.2. The van der Waals surface area contributed by atoms with Gasteiger partial charge in [-0.05, 0) is 43.4 Å². The summed E-state index contributed by atoms with van der Waals surface area (Å²) in [5, 5.41) is 6.50. The average Bonchev–Trinajstić information content (AvgIpc) is 3.66. The van der Waals surface area contributed by atoms with E-state index in [1.54, 1.807) is 0 Å². The first-order chi connectivity index (χ1) is 15.7. The molecule has 184 valence electrons. The molecular formula is C26H42N4O3. The van der Waals surface area contributed by atoms with Crippen molar-refractivity contribution in [3.63, 3.8) is 0 Å². The van der Waals surface area contributed by atoms with Gasteiger partial charge >= 0.3 is 5.97 Å². The molecule has 4 rings (SSSR count). The first kappa shape index (κ1) is 27.1. The summed E-state index contributed by atoms with van der Waals surface area (Å²) >= 11 is 0. The van der Waals surface area contributed by atoms with E-state index in [4.69, 9.17) is 19.7 Å². The molecule has 0 amide bonds. The number of rotatable bonds is 6. The van der Waals surface area contributed by atoms with Gasteiger partial charge in [0.15, 0.2) is 0 Å². The maximum atomic E-state index is 11.0. The number of anilines is 1. The summed E-state index contributed by atoms with van der Waals surface area (Å²) in [4.78, 5) is 20.7. The predicted molar refractivity (Wildman–Crippen MR) is 131 cm³/mol. The van der Waals surface area contributed by atoms with Crippen molar-refractivity contribution in [2.24, 2.45) is 5.92 Å². The summed E-state index contributed by atoms with van der Waals surface area (Å²) in [5.41, 5.74) is 2.48. The Balaban J connectivity index is 0.000000695. The second-order valence-electron chi connectivity index (χ2n) is 10.1. The third kappa shape index (κ3) is 8.94. The summed E-state index contributed by atoms with van der Waals surface area (Å²) in [7, 11) is 0. The molecule has 3 aliphatic rings. The summed E-state index contributed by atoms with van der Waals surface area (Å²) < 4.78 is 11.0. The molecule has 1 saturated heterocycles. The summed E-state index contributed by atoms with van der Waals surface area (Å²) in [6.07, 6.45) is 8.31. The van der Waals surface area contributed by atoms with Gasteiger partial charge in [0.2, 0.25) is 0 Å². The number of aromatic nitrogens is 1. The van der Waals surface area contributed by atoms with Gasteiger partial charge < -0.3 is 14.4 Å². The van der Waals surface area contributed by atoms with Gasteiger partial charge in [0.05, 0.1) is 18.8 Å². The quantitative estimate of drug-likeness (QED) is 0.463. The van der Waals surface area contributed by atoms with E-state index < -0.39 is 0 Å². The van der Waals surface area contributed by atoms with Crippen LogP contribution in [-0.4, -0.2) is 60.3 Å². The van der Waals surface area contributed by atoms with Crippen LogP contribution in [0.3, 0.4) is 0 Å². The van der Waals surface area contributed by atoms with Gasteiger partial charge in [0, 0.05) is 58.3 Å². The molecule has 3 heterocycles. The molecule has 0 N–H and O–H groups in total. The number of esters is 1. The van der Waals surface area contributed by atoms with Crippen LogP contribution in [0, 0.1) is 17.8 Å². The third-order valence-electron chi connectivity index (χ3n) is 6.18. The second kappa shape index (κ2) is 12.9. The Morgan fingerprint density at radius 2 is 1.97 bits per heavy atom. The van der Waals surface area contributed by atoms with Gasteiger partial charge in [-0.25, -0.2) is 10.2 Å². The highest BCUT2D eigenvalue weighted by atomic mass is 16.5. The van der Waals surface area contributed by atoms with Crippen molar-refractivity contribution in [1.82, 2.24) is 9.88 Å². The van der Waals surface area contributed by atoms with Crippen molar-refractivity contribution < 1.29 is 14.3 Å². The van der Waals surface area contributed by atoms with Crippen molar-refractivity contribution in [3.8, 4) is 6.57 Å². The first-order valence-electron chi connectivity index (χ1n) is 12.2. The Morgan fingerprint density at radius 3 is 2.58 bits per heavy atom. The highest BCUT2D eigenvalue weighted by Gasteiger charge is 2.31. The highest BCUT2D eigenvalue weighted by Crippen LogP contribution is 2.30. The van der Waals surface area contributed by atoms with E-state index in [1.807, 2.05) is 6.20 Å². The van der Waals surface area contributed by atoms with Gasteiger partial charge in [-0.3, -0.25) is 9.69 Å². The van der Waals surface area contributed by atoms with E-state index >= 15 is 0 Å². The van der Waals surface area contributed by atoms with Crippen LogP contribution in [0.2, 0.25) is 0 Å². The molecule has 33 heavy (non-hydrogen) atoms. The van der Waals surface area contributed by atoms with Crippen molar-refractivity contribution in [2.45, 2.75) is 85.0 Å². The SMILES string of the molecule is C#N.C1CC1.CC(=O)OCCCN1CCN(c2cc3c(cn2)COC(C)(C)C3)C[C@H]1C(C)C. The Hall–Kier alpha value is -2.17. The lowest BCUT2D eigenvalue weighted by molar-refractivity contribution is -0.141. The van der Waals surface area contributed by atoms with E-state index in [0.29, 0.717) is 25.2 Å². The molecule has 1 aliphatic carbocycles.